The Labute approximate surface area is 248 Å². The maximum absolute atomic E-state index is 15.3. The minimum atomic E-state index is -3.27. The smallest absolute Gasteiger partial charge is 0.400 e. The number of ether oxygens (including phenoxy) is 3. The van der Waals surface area contributed by atoms with Crippen LogP contribution >= 0.6 is 11.6 Å². The molecule has 5 rings (SSSR count). The lowest BCUT2D eigenvalue weighted by Crippen LogP contribution is -2.38. The molecule has 0 N–H and O–H groups in total. The predicted octanol–water partition coefficient (Wildman–Crippen LogP) is 10.3. The van der Waals surface area contributed by atoms with Crippen LogP contribution in [0.15, 0.2) is 42.5 Å². The summed E-state index contributed by atoms with van der Waals surface area (Å²) >= 11 is 5.84. The van der Waals surface area contributed by atoms with Gasteiger partial charge in [0, 0.05) is 16.9 Å². The number of halogens is 4. The Morgan fingerprint density at radius 2 is 1.51 bits per heavy atom. The van der Waals surface area contributed by atoms with Crippen LogP contribution in [0.5, 0.6) is 5.75 Å². The van der Waals surface area contributed by atoms with Crippen LogP contribution in [0.2, 0.25) is 5.02 Å². The first-order valence-electron chi connectivity index (χ1n) is 15.7. The molecule has 7 heteroatoms. The average Bonchev–Trinajstić information content (AvgIpc) is 2.99. The highest BCUT2D eigenvalue weighted by Gasteiger charge is 2.44. The Morgan fingerprint density at radius 3 is 2.15 bits per heavy atom. The first-order chi connectivity index (χ1) is 19.8. The van der Waals surface area contributed by atoms with Crippen LogP contribution in [-0.2, 0) is 9.47 Å². The molecule has 2 saturated carbocycles. The maximum Gasteiger partial charge on any atom is 0.400 e. The van der Waals surface area contributed by atoms with E-state index >= 15 is 4.39 Å². The molecule has 1 saturated heterocycles. The zero-order chi connectivity index (χ0) is 28.8. The number of benzene rings is 2. The van der Waals surface area contributed by atoms with Gasteiger partial charge in [-0.3, -0.25) is 0 Å². The monoisotopic (exact) mass is 592 g/mol. The standard InChI is InChI=1S/C34H44ClF3O3/c1-2-3-4-5-23-21-39-33(40-22-23)26-8-6-24(7-9-26)27-12-19-31(32(36)20-27)25-10-13-28(14-11-25)34(37,38)41-30-17-15-29(35)16-18-30/h12,15-20,23-26,28,33H,2-11,13-14,21-22H2,1H3. The van der Waals surface area contributed by atoms with Crippen molar-refractivity contribution in [3.05, 3.63) is 64.4 Å². The van der Waals surface area contributed by atoms with Crippen molar-refractivity contribution in [3.8, 4) is 5.75 Å². The molecule has 1 aliphatic heterocycles. The van der Waals surface area contributed by atoms with Crippen molar-refractivity contribution in [1.29, 1.82) is 0 Å². The van der Waals surface area contributed by atoms with Crippen molar-refractivity contribution in [2.24, 2.45) is 17.8 Å². The SMILES string of the molecule is CCCCCC1COC(C2CCC(c3ccc(C4CCC(C(F)(F)Oc5ccc(Cl)cc5)CC4)c(F)c3)CC2)OC1. The molecule has 3 fully saturated rings. The van der Waals surface area contributed by atoms with Gasteiger partial charge in [-0.05, 0) is 111 Å². The molecule has 0 radical (unpaired) electrons. The summed E-state index contributed by atoms with van der Waals surface area (Å²) in [6, 6.07) is 11.6. The van der Waals surface area contributed by atoms with E-state index in [9.17, 15) is 8.78 Å². The van der Waals surface area contributed by atoms with Gasteiger partial charge in [0.1, 0.15) is 11.6 Å². The molecule has 2 aromatic carbocycles. The molecule has 3 aliphatic rings. The van der Waals surface area contributed by atoms with Gasteiger partial charge in [-0.1, -0.05) is 49.9 Å². The normalized spacial score (nSPS) is 29.3. The summed E-state index contributed by atoms with van der Waals surface area (Å²) in [6.45, 7) is 3.83. The third-order valence-electron chi connectivity index (χ3n) is 9.57. The van der Waals surface area contributed by atoms with Crippen LogP contribution in [0.3, 0.4) is 0 Å². The summed E-state index contributed by atoms with van der Waals surface area (Å²) in [6.07, 6.45) is 7.23. The number of unbranched alkanes of at least 4 members (excludes halogenated alkanes) is 2. The van der Waals surface area contributed by atoms with Gasteiger partial charge in [0.25, 0.3) is 0 Å². The van der Waals surface area contributed by atoms with Crippen LogP contribution in [0.25, 0.3) is 0 Å². The largest absolute Gasteiger partial charge is 0.432 e. The van der Waals surface area contributed by atoms with Gasteiger partial charge < -0.3 is 14.2 Å². The molecule has 0 amide bonds. The highest BCUT2D eigenvalue weighted by atomic mass is 35.5. The quantitative estimate of drug-likeness (QED) is 0.257. The lowest BCUT2D eigenvalue weighted by atomic mass is 9.76. The molecule has 0 atom stereocenters. The Balaban J connectivity index is 1.08. The van der Waals surface area contributed by atoms with Gasteiger partial charge >= 0.3 is 6.11 Å². The maximum atomic E-state index is 15.3. The topological polar surface area (TPSA) is 27.7 Å². The van der Waals surface area contributed by atoms with Gasteiger partial charge in [-0.15, -0.1) is 0 Å². The van der Waals surface area contributed by atoms with Crippen molar-refractivity contribution in [3.63, 3.8) is 0 Å². The molecule has 0 aromatic heterocycles. The highest BCUT2D eigenvalue weighted by molar-refractivity contribution is 6.30. The van der Waals surface area contributed by atoms with Crippen LogP contribution in [0.1, 0.15) is 107 Å². The molecular formula is C34H44ClF3O3. The van der Waals surface area contributed by atoms with E-state index in [1.165, 1.54) is 49.9 Å². The van der Waals surface area contributed by atoms with E-state index in [2.05, 4.69) is 13.0 Å². The second-order valence-electron chi connectivity index (χ2n) is 12.5. The molecule has 2 aromatic rings. The summed E-state index contributed by atoms with van der Waals surface area (Å²) < 4.78 is 62.3. The van der Waals surface area contributed by atoms with Gasteiger partial charge in [-0.2, -0.15) is 8.78 Å². The van der Waals surface area contributed by atoms with Crippen LogP contribution in [-0.4, -0.2) is 25.6 Å². The lowest BCUT2D eigenvalue weighted by Gasteiger charge is -2.38. The van der Waals surface area contributed by atoms with E-state index < -0.39 is 12.0 Å². The number of alkyl halides is 2. The molecule has 3 nitrogen and oxygen atoms in total. The molecule has 0 unspecified atom stereocenters. The van der Waals surface area contributed by atoms with E-state index in [0.29, 0.717) is 54.0 Å². The first kappa shape index (κ1) is 30.7. The van der Waals surface area contributed by atoms with E-state index in [-0.39, 0.29) is 23.8 Å². The number of rotatable bonds is 10. The van der Waals surface area contributed by atoms with Crippen LogP contribution in [0, 0.1) is 23.6 Å². The van der Waals surface area contributed by atoms with E-state index in [1.807, 2.05) is 6.07 Å². The molecule has 1 heterocycles. The molecule has 41 heavy (non-hydrogen) atoms. The Hall–Kier alpha value is -1.76. The zero-order valence-corrected chi connectivity index (χ0v) is 24.9. The minimum Gasteiger partial charge on any atom is -0.432 e. The predicted molar refractivity (Wildman–Crippen MR) is 156 cm³/mol. The van der Waals surface area contributed by atoms with Crippen molar-refractivity contribution in [2.45, 2.75) is 108 Å². The minimum absolute atomic E-state index is 0.0474. The number of hydrogen-bond donors (Lipinski definition) is 0. The Bertz CT molecular complexity index is 1090. The molecule has 2 aliphatic carbocycles. The van der Waals surface area contributed by atoms with Crippen LogP contribution < -0.4 is 4.74 Å². The second kappa shape index (κ2) is 14.1. The summed E-state index contributed by atoms with van der Waals surface area (Å²) in [4.78, 5) is 0. The van der Waals surface area contributed by atoms with Gasteiger partial charge in [0.2, 0.25) is 0 Å². The molecule has 0 spiro atoms. The van der Waals surface area contributed by atoms with Crippen molar-refractivity contribution >= 4 is 11.6 Å². The fraction of sp³-hybridized carbons (Fsp3) is 0.647. The van der Waals surface area contributed by atoms with Crippen molar-refractivity contribution in [2.75, 3.05) is 13.2 Å². The van der Waals surface area contributed by atoms with E-state index in [1.54, 1.807) is 6.07 Å². The summed E-state index contributed by atoms with van der Waals surface area (Å²) in [5.41, 5.74) is 1.70. The molecular weight excluding hydrogens is 549 g/mol. The highest BCUT2D eigenvalue weighted by Crippen LogP contribution is 2.45. The van der Waals surface area contributed by atoms with Crippen molar-refractivity contribution in [1.82, 2.24) is 0 Å². The fourth-order valence-electron chi connectivity index (χ4n) is 7.02. The third-order valence-corrected chi connectivity index (χ3v) is 9.82. The summed E-state index contributed by atoms with van der Waals surface area (Å²) in [7, 11) is 0. The molecule has 0 bridgehead atoms. The van der Waals surface area contributed by atoms with Gasteiger partial charge in [-0.25, -0.2) is 4.39 Å². The lowest BCUT2D eigenvalue weighted by molar-refractivity contribution is -0.229. The summed E-state index contributed by atoms with van der Waals surface area (Å²) in [5, 5.41) is 0.469. The van der Waals surface area contributed by atoms with Gasteiger partial charge in [0.05, 0.1) is 19.1 Å². The average molecular weight is 593 g/mol. The third kappa shape index (κ3) is 8.00. The Morgan fingerprint density at radius 1 is 0.854 bits per heavy atom. The van der Waals surface area contributed by atoms with Gasteiger partial charge in [0.15, 0.2) is 6.29 Å². The molecule has 226 valence electrons. The summed E-state index contributed by atoms with van der Waals surface area (Å²) in [5.74, 6) is 0.214. The Kier molecular flexibility index (Phi) is 10.6. The number of hydrogen-bond acceptors (Lipinski definition) is 3. The zero-order valence-electron chi connectivity index (χ0n) is 24.1. The van der Waals surface area contributed by atoms with Crippen LogP contribution in [0.4, 0.5) is 13.2 Å². The van der Waals surface area contributed by atoms with E-state index in [0.717, 1.165) is 44.5 Å². The second-order valence-corrected chi connectivity index (χ2v) is 12.9. The fourth-order valence-corrected chi connectivity index (χ4v) is 7.14. The first-order valence-corrected chi connectivity index (χ1v) is 16.0. The van der Waals surface area contributed by atoms with E-state index in [4.69, 9.17) is 25.8 Å². The van der Waals surface area contributed by atoms with Crippen molar-refractivity contribution < 1.29 is 27.4 Å².